The van der Waals surface area contributed by atoms with Crippen LogP contribution < -0.4 is 15.4 Å². The lowest BCUT2D eigenvalue weighted by molar-refractivity contribution is 0.0977. The molecule has 0 spiro atoms. The number of ether oxygens (including phenoxy) is 1. The lowest BCUT2D eigenvalue weighted by Gasteiger charge is -2.13. The van der Waals surface area contributed by atoms with Crippen molar-refractivity contribution < 1.29 is 9.53 Å². The highest BCUT2D eigenvalue weighted by Crippen LogP contribution is 2.35. The zero-order valence-corrected chi connectivity index (χ0v) is 21.2. The maximum atomic E-state index is 12.6. The number of thiazole rings is 1. The van der Waals surface area contributed by atoms with Crippen molar-refractivity contribution in [3.8, 4) is 16.3 Å². The summed E-state index contributed by atoms with van der Waals surface area (Å²) in [5.74, 6) is 0.433. The minimum atomic E-state index is -0.286. The van der Waals surface area contributed by atoms with E-state index in [-0.39, 0.29) is 17.1 Å². The van der Waals surface area contributed by atoms with E-state index < -0.39 is 0 Å². The number of nitrogens with one attached hydrogen (secondary N) is 2. The molecule has 8 heteroatoms. The molecule has 4 aromatic rings. The average Bonchev–Trinajstić information content (AvgIpc) is 3.19. The van der Waals surface area contributed by atoms with E-state index >= 15 is 0 Å². The van der Waals surface area contributed by atoms with Crippen molar-refractivity contribution in [1.82, 2.24) is 10.3 Å². The molecule has 0 saturated heterocycles. The molecule has 5 nitrogen and oxygen atoms in total. The molecule has 0 radical (unpaired) electrons. The van der Waals surface area contributed by atoms with Gasteiger partial charge in [-0.1, -0.05) is 12.1 Å². The summed E-state index contributed by atoms with van der Waals surface area (Å²) in [5.41, 5.74) is 3.18. The summed E-state index contributed by atoms with van der Waals surface area (Å²) in [6.45, 7) is 3.91. The van der Waals surface area contributed by atoms with Crippen LogP contribution in [-0.4, -0.2) is 22.1 Å². The molecule has 0 unspecified atom stereocenters. The van der Waals surface area contributed by atoms with Crippen LogP contribution in [0.3, 0.4) is 0 Å². The number of hydrogen-bond donors (Lipinski definition) is 2. The highest BCUT2D eigenvalue weighted by atomic mass is 127. The second kappa shape index (κ2) is 9.93. The van der Waals surface area contributed by atoms with Crippen molar-refractivity contribution >= 4 is 73.1 Å². The number of carbonyl (C=O) groups excluding carboxylic acids is 1. The first-order chi connectivity index (χ1) is 15.4. The molecule has 3 aromatic carbocycles. The number of para-hydroxylation sites is 1. The predicted octanol–water partition coefficient (Wildman–Crippen LogP) is 6.48. The molecular weight excluding hydrogens is 553 g/mol. The Bertz CT molecular complexity index is 1250. The molecule has 4 rings (SSSR count). The van der Waals surface area contributed by atoms with E-state index in [9.17, 15) is 4.79 Å². The number of anilines is 1. The maximum Gasteiger partial charge on any atom is 0.257 e. The summed E-state index contributed by atoms with van der Waals surface area (Å²) in [6, 6.07) is 21.0. The second-order valence-corrected chi connectivity index (χ2v) is 9.96. The first kappa shape index (κ1) is 22.6. The van der Waals surface area contributed by atoms with E-state index in [1.165, 1.54) is 0 Å². The average molecular weight is 573 g/mol. The van der Waals surface area contributed by atoms with Crippen LogP contribution in [0, 0.1) is 3.57 Å². The second-order valence-electron chi connectivity index (χ2n) is 7.28. The van der Waals surface area contributed by atoms with E-state index in [1.807, 2.05) is 44.2 Å². The van der Waals surface area contributed by atoms with Crippen molar-refractivity contribution in [2.45, 2.75) is 20.0 Å². The predicted molar refractivity (Wildman–Crippen MR) is 144 cm³/mol. The fraction of sp³-hybridized carbons (Fsp3) is 0.125. The number of benzene rings is 3. The Morgan fingerprint density at radius 2 is 1.84 bits per heavy atom. The Morgan fingerprint density at radius 3 is 2.56 bits per heavy atom. The summed E-state index contributed by atoms with van der Waals surface area (Å²) in [5, 5.41) is 7.02. The lowest BCUT2D eigenvalue weighted by Crippen LogP contribution is -2.34. The van der Waals surface area contributed by atoms with Crippen LogP contribution >= 0.6 is 46.1 Å². The van der Waals surface area contributed by atoms with E-state index in [0.717, 1.165) is 35.8 Å². The van der Waals surface area contributed by atoms with Gasteiger partial charge in [0.2, 0.25) is 0 Å². The van der Waals surface area contributed by atoms with E-state index in [1.54, 1.807) is 35.6 Å². The third kappa shape index (κ3) is 5.43. The summed E-state index contributed by atoms with van der Waals surface area (Å²) in [7, 11) is 0. The van der Waals surface area contributed by atoms with Gasteiger partial charge in [-0.2, -0.15) is 0 Å². The number of amides is 1. The fourth-order valence-corrected chi connectivity index (χ4v) is 4.77. The van der Waals surface area contributed by atoms with E-state index in [2.05, 4.69) is 45.4 Å². The van der Waals surface area contributed by atoms with Gasteiger partial charge < -0.3 is 10.1 Å². The highest BCUT2D eigenvalue weighted by molar-refractivity contribution is 14.1. The van der Waals surface area contributed by atoms with Gasteiger partial charge >= 0.3 is 0 Å². The Labute approximate surface area is 209 Å². The Kier molecular flexibility index (Phi) is 7.02. The first-order valence-electron chi connectivity index (χ1n) is 9.93. The standard InChI is InChI=1S/C24H20IN3O2S2/c1-14(2)30-17-10-7-15(8-11-17)22(29)28-24(31)27-19-12-9-16(25)13-18(19)23-26-20-5-3-4-6-21(20)32-23/h3-14H,1-2H3,(H2,27,28,29,31). The third-order valence-electron chi connectivity index (χ3n) is 4.47. The fourth-order valence-electron chi connectivity index (χ4n) is 3.08. The number of thiocarbonyl (C=S) groups is 1. The number of aromatic nitrogens is 1. The number of carbonyl (C=O) groups is 1. The van der Waals surface area contributed by atoms with Crippen molar-refractivity contribution in [2.24, 2.45) is 0 Å². The SMILES string of the molecule is CC(C)Oc1ccc(C(=O)NC(=S)Nc2ccc(I)cc2-c2nc3ccccc3s2)cc1. The number of rotatable bonds is 5. The van der Waals surface area contributed by atoms with Gasteiger partial charge in [-0.25, -0.2) is 4.98 Å². The Hall–Kier alpha value is -2.56. The van der Waals surface area contributed by atoms with Crippen molar-refractivity contribution in [3.05, 3.63) is 75.9 Å². The zero-order valence-electron chi connectivity index (χ0n) is 17.4. The smallest absolute Gasteiger partial charge is 0.257 e. The van der Waals surface area contributed by atoms with Gasteiger partial charge in [0.25, 0.3) is 5.91 Å². The van der Waals surface area contributed by atoms with Crippen LogP contribution in [0.1, 0.15) is 24.2 Å². The molecule has 1 heterocycles. The normalized spacial score (nSPS) is 10.9. The van der Waals surface area contributed by atoms with Crippen molar-refractivity contribution in [3.63, 3.8) is 0 Å². The van der Waals surface area contributed by atoms with Crippen LogP contribution in [0.5, 0.6) is 5.75 Å². The van der Waals surface area contributed by atoms with Crippen LogP contribution in [0.2, 0.25) is 0 Å². The molecule has 0 fully saturated rings. The number of nitrogens with zero attached hydrogens (tertiary/aromatic N) is 1. The molecule has 0 bridgehead atoms. The van der Waals surface area contributed by atoms with E-state index in [0.29, 0.717) is 5.56 Å². The molecule has 2 N–H and O–H groups in total. The molecule has 1 amide bonds. The molecule has 0 aliphatic carbocycles. The topological polar surface area (TPSA) is 63.2 Å². The molecule has 1 aromatic heterocycles. The maximum absolute atomic E-state index is 12.6. The quantitative estimate of drug-likeness (QED) is 0.211. The lowest BCUT2D eigenvalue weighted by atomic mass is 10.2. The zero-order chi connectivity index (χ0) is 22.7. The van der Waals surface area contributed by atoms with Gasteiger partial charge in [0, 0.05) is 14.7 Å². The van der Waals surface area contributed by atoms with Crippen molar-refractivity contribution in [2.75, 3.05) is 5.32 Å². The van der Waals surface area contributed by atoms with Gasteiger partial charge in [0.05, 0.1) is 22.0 Å². The molecule has 32 heavy (non-hydrogen) atoms. The minimum Gasteiger partial charge on any atom is -0.491 e. The number of fused-ring (bicyclic) bond motifs is 1. The monoisotopic (exact) mass is 573 g/mol. The number of hydrogen-bond acceptors (Lipinski definition) is 5. The Balaban J connectivity index is 1.50. The summed E-state index contributed by atoms with van der Waals surface area (Å²) >= 11 is 9.31. The van der Waals surface area contributed by atoms with Gasteiger partial charge in [-0.05, 0) is 103 Å². The van der Waals surface area contributed by atoms with Crippen LogP contribution in [0.4, 0.5) is 5.69 Å². The summed E-state index contributed by atoms with van der Waals surface area (Å²) in [4.78, 5) is 17.4. The number of halogens is 1. The molecule has 0 aliphatic heterocycles. The molecule has 0 atom stereocenters. The van der Waals surface area contributed by atoms with Crippen molar-refractivity contribution in [1.29, 1.82) is 0 Å². The van der Waals surface area contributed by atoms with Gasteiger partial charge in [0.1, 0.15) is 10.8 Å². The first-order valence-corrected chi connectivity index (χ1v) is 12.2. The summed E-state index contributed by atoms with van der Waals surface area (Å²) < 4.78 is 7.82. The molecule has 0 aliphatic rings. The minimum absolute atomic E-state index is 0.0741. The summed E-state index contributed by atoms with van der Waals surface area (Å²) in [6.07, 6.45) is 0.0741. The van der Waals surface area contributed by atoms with Gasteiger partial charge in [-0.15, -0.1) is 11.3 Å². The van der Waals surface area contributed by atoms with Crippen LogP contribution in [0.25, 0.3) is 20.8 Å². The highest BCUT2D eigenvalue weighted by Gasteiger charge is 2.14. The van der Waals surface area contributed by atoms with Crippen LogP contribution in [-0.2, 0) is 0 Å². The Morgan fingerprint density at radius 1 is 1.09 bits per heavy atom. The third-order valence-corrected chi connectivity index (χ3v) is 6.41. The van der Waals surface area contributed by atoms with Gasteiger partial charge in [-0.3, -0.25) is 10.1 Å². The largest absolute Gasteiger partial charge is 0.491 e. The molecule has 162 valence electrons. The van der Waals surface area contributed by atoms with Gasteiger partial charge in [0.15, 0.2) is 5.11 Å². The molecule has 0 saturated carbocycles. The van der Waals surface area contributed by atoms with E-state index in [4.69, 9.17) is 21.9 Å². The van der Waals surface area contributed by atoms with Crippen LogP contribution in [0.15, 0.2) is 66.7 Å². The molecular formula is C24H20IN3O2S2.